The van der Waals surface area contributed by atoms with Gasteiger partial charge in [-0.2, -0.15) is 5.26 Å². The lowest BCUT2D eigenvalue weighted by atomic mass is 9.96. The van der Waals surface area contributed by atoms with Gasteiger partial charge in [0.05, 0.1) is 17.6 Å². The van der Waals surface area contributed by atoms with Crippen LogP contribution >= 0.6 is 11.3 Å². The molecule has 0 bridgehead atoms. The molecule has 0 spiro atoms. The smallest absolute Gasteiger partial charge is 0.226 e. The Morgan fingerprint density at radius 2 is 1.96 bits per heavy atom. The van der Waals surface area contributed by atoms with Crippen molar-refractivity contribution in [3.63, 3.8) is 0 Å². The van der Waals surface area contributed by atoms with Crippen LogP contribution < -0.4 is 10.2 Å². The van der Waals surface area contributed by atoms with Gasteiger partial charge in [-0.1, -0.05) is 19.3 Å². The predicted molar refractivity (Wildman–Crippen MR) is 107 cm³/mol. The van der Waals surface area contributed by atoms with Gasteiger partial charge in [-0.25, -0.2) is 0 Å². The fourth-order valence-corrected chi connectivity index (χ4v) is 6.23. The van der Waals surface area contributed by atoms with E-state index in [2.05, 4.69) is 16.3 Å². The number of aryl methyl sites for hydroxylation is 1. The van der Waals surface area contributed by atoms with Crippen molar-refractivity contribution < 1.29 is 9.90 Å². The number of hydrogen-bond acceptors (Lipinski definition) is 5. The minimum Gasteiger partial charge on any atom is -0.392 e. The van der Waals surface area contributed by atoms with Gasteiger partial charge in [-0.3, -0.25) is 4.79 Å². The Kier molecular flexibility index (Phi) is 5.70. The largest absolute Gasteiger partial charge is 0.392 e. The van der Waals surface area contributed by atoms with Crippen molar-refractivity contribution in [2.45, 2.75) is 76.4 Å². The number of nitriles is 1. The third-order valence-electron chi connectivity index (χ3n) is 6.40. The van der Waals surface area contributed by atoms with Gasteiger partial charge < -0.3 is 15.3 Å². The molecule has 2 fully saturated rings. The quantitative estimate of drug-likeness (QED) is 0.781. The SMILES string of the molecule is N#Cc1c(N2CC[C@H](NC(=O)[C@H]3CCCCC[C@H]3O)C2)sc2c1CCCC2. The zero-order chi connectivity index (χ0) is 18.8. The standard InChI is InChI=1S/C21H29N3O2S/c22-12-17-15-6-4-5-9-19(15)27-21(17)24-11-10-14(13-24)23-20(26)16-7-2-1-3-8-18(16)25/h14,16,18,25H,1-11,13H2,(H,23,26)/t14-,16-,18+/m0/s1. The van der Waals surface area contributed by atoms with E-state index < -0.39 is 6.10 Å². The Bertz CT molecular complexity index is 739. The molecule has 27 heavy (non-hydrogen) atoms. The summed E-state index contributed by atoms with van der Waals surface area (Å²) >= 11 is 1.79. The summed E-state index contributed by atoms with van der Waals surface area (Å²) in [6.07, 6.45) is 9.62. The third-order valence-corrected chi connectivity index (χ3v) is 7.76. The van der Waals surface area contributed by atoms with Crippen molar-refractivity contribution in [1.29, 1.82) is 5.26 Å². The van der Waals surface area contributed by atoms with Crippen molar-refractivity contribution in [2.24, 2.45) is 5.92 Å². The zero-order valence-corrected chi connectivity index (χ0v) is 16.7. The average molecular weight is 388 g/mol. The van der Waals surface area contributed by atoms with E-state index in [4.69, 9.17) is 0 Å². The molecule has 1 saturated heterocycles. The fraction of sp³-hybridized carbons (Fsp3) is 0.714. The minimum absolute atomic E-state index is 0.0160. The van der Waals surface area contributed by atoms with E-state index >= 15 is 0 Å². The molecule has 1 aromatic heterocycles. The van der Waals surface area contributed by atoms with E-state index in [1.807, 2.05) is 0 Å². The second-order valence-corrected chi connectivity index (χ2v) is 9.34. The monoisotopic (exact) mass is 387 g/mol. The fourth-order valence-electron chi connectivity index (χ4n) is 4.85. The molecular weight excluding hydrogens is 358 g/mol. The number of nitrogens with one attached hydrogen (secondary N) is 1. The van der Waals surface area contributed by atoms with Crippen molar-refractivity contribution in [2.75, 3.05) is 18.0 Å². The highest BCUT2D eigenvalue weighted by Gasteiger charge is 2.33. The molecule has 3 atom stereocenters. The molecule has 1 aliphatic heterocycles. The van der Waals surface area contributed by atoms with Gasteiger partial charge in [-0.05, 0) is 50.5 Å². The van der Waals surface area contributed by atoms with Gasteiger partial charge in [0.25, 0.3) is 0 Å². The highest BCUT2D eigenvalue weighted by molar-refractivity contribution is 7.16. The molecular formula is C21H29N3O2S. The molecule has 4 rings (SSSR count). The number of thiophene rings is 1. The zero-order valence-electron chi connectivity index (χ0n) is 15.9. The number of aliphatic hydroxyl groups excluding tert-OH is 1. The average Bonchev–Trinajstić information content (AvgIpc) is 3.21. The Morgan fingerprint density at radius 3 is 2.81 bits per heavy atom. The summed E-state index contributed by atoms with van der Waals surface area (Å²) in [6.45, 7) is 1.65. The first-order valence-electron chi connectivity index (χ1n) is 10.5. The summed E-state index contributed by atoms with van der Waals surface area (Å²) in [6, 6.07) is 2.56. The summed E-state index contributed by atoms with van der Waals surface area (Å²) in [5, 5.41) is 24.3. The number of aliphatic hydroxyl groups is 1. The summed E-state index contributed by atoms with van der Waals surface area (Å²) in [4.78, 5) is 16.4. The lowest BCUT2D eigenvalue weighted by Crippen LogP contribution is -2.43. The number of anilines is 1. The van der Waals surface area contributed by atoms with Crippen molar-refractivity contribution >= 4 is 22.2 Å². The molecule has 6 heteroatoms. The van der Waals surface area contributed by atoms with Crippen LogP contribution in [0.3, 0.4) is 0 Å². The second kappa shape index (κ2) is 8.20. The maximum Gasteiger partial charge on any atom is 0.226 e. The Hall–Kier alpha value is -1.58. The van der Waals surface area contributed by atoms with Crippen LogP contribution in [-0.2, 0) is 17.6 Å². The number of hydrogen-bond donors (Lipinski definition) is 2. The number of carbonyl (C=O) groups is 1. The van der Waals surface area contributed by atoms with E-state index in [-0.39, 0.29) is 17.9 Å². The van der Waals surface area contributed by atoms with E-state index in [0.717, 1.165) is 75.0 Å². The lowest BCUT2D eigenvalue weighted by molar-refractivity contribution is -0.129. The van der Waals surface area contributed by atoms with Gasteiger partial charge in [0.1, 0.15) is 11.1 Å². The Labute approximate surface area is 165 Å². The molecule has 146 valence electrons. The second-order valence-electron chi connectivity index (χ2n) is 8.25. The summed E-state index contributed by atoms with van der Waals surface area (Å²) in [5.74, 6) is -0.243. The lowest BCUT2D eigenvalue weighted by Gasteiger charge is -2.23. The van der Waals surface area contributed by atoms with E-state index in [1.165, 1.54) is 23.3 Å². The maximum absolute atomic E-state index is 12.7. The number of amides is 1. The van der Waals surface area contributed by atoms with Crippen LogP contribution in [0.5, 0.6) is 0 Å². The number of fused-ring (bicyclic) bond motifs is 1. The van der Waals surface area contributed by atoms with Crippen LogP contribution in [0.2, 0.25) is 0 Å². The topological polar surface area (TPSA) is 76.4 Å². The van der Waals surface area contributed by atoms with Crippen molar-refractivity contribution in [3.8, 4) is 6.07 Å². The minimum atomic E-state index is -0.501. The highest BCUT2D eigenvalue weighted by atomic mass is 32.1. The summed E-state index contributed by atoms with van der Waals surface area (Å²) < 4.78 is 0. The van der Waals surface area contributed by atoms with Crippen LogP contribution in [0, 0.1) is 17.2 Å². The molecule has 3 aliphatic rings. The van der Waals surface area contributed by atoms with Gasteiger partial charge in [0, 0.05) is 24.0 Å². The van der Waals surface area contributed by atoms with Crippen molar-refractivity contribution in [1.82, 2.24) is 5.32 Å². The highest BCUT2D eigenvalue weighted by Crippen LogP contribution is 2.40. The molecule has 0 aromatic carbocycles. The predicted octanol–water partition coefficient (Wildman–Crippen LogP) is 3.13. The van der Waals surface area contributed by atoms with Crippen LogP contribution in [-0.4, -0.2) is 36.2 Å². The molecule has 1 saturated carbocycles. The first-order chi connectivity index (χ1) is 13.2. The summed E-state index contributed by atoms with van der Waals surface area (Å²) in [5.41, 5.74) is 2.15. The molecule has 0 unspecified atom stereocenters. The van der Waals surface area contributed by atoms with E-state index in [9.17, 15) is 15.2 Å². The van der Waals surface area contributed by atoms with Gasteiger partial charge in [-0.15, -0.1) is 11.3 Å². The first-order valence-corrected chi connectivity index (χ1v) is 11.3. The van der Waals surface area contributed by atoms with Crippen LogP contribution in [0.1, 0.15) is 67.4 Å². The van der Waals surface area contributed by atoms with Crippen LogP contribution in [0.4, 0.5) is 5.00 Å². The molecule has 1 amide bonds. The third kappa shape index (κ3) is 3.86. The van der Waals surface area contributed by atoms with E-state index in [1.54, 1.807) is 11.3 Å². The first kappa shape index (κ1) is 18.8. The van der Waals surface area contributed by atoms with Gasteiger partial charge in [0.15, 0.2) is 0 Å². The van der Waals surface area contributed by atoms with Gasteiger partial charge in [0.2, 0.25) is 5.91 Å². The Balaban J connectivity index is 1.41. The number of carbonyl (C=O) groups excluding carboxylic acids is 1. The molecule has 0 radical (unpaired) electrons. The number of nitrogens with zero attached hydrogens (tertiary/aromatic N) is 2. The number of rotatable bonds is 3. The van der Waals surface area contributed by atoms with Crippen molar-refractivity contribution in [3.05, 3.63) is 16.0 Å². The molecule has 2 N–H and O–H groups in total. The summed E-state index contributed by atoms with van der Waals surface area (Å²) in [7, 11) is 0. The van der Waals surface area contributed by atoms with Crippen LogP contribution in [0.25, 0.3) is 0 Å². The van der Waals surface area contributed by atoms with E-state index in [0.29, 0.717) is 0 Å². The van der Waals surface area contributed by atoms with Gasteiger partial charge >= 0.3 is 0 Å². The normalized spacial score (nSPS) is 28.3. The maximum atomic E-state index is 12.7. The molecule has 2 aliphatic carbocycles. The molecule has 2 heterocycles. The molecule has 5 nitrogen and oxygen atoms in total. The van der Waals surface area contributed by atoms with Crippen LogP contribution in [0.15, 0.2) is 0 Å². The molecule has 1 aromatic rings. The Morgan fingerprint density at radius 1 is 1.15 bits per heavy atom.